The Balaban J connectivity index is 1.99. The second-order valence-electron chi connectivity index (χ2n) is 4.23. The number of ether oxygens (including phenoxy) is 1. The highest BCUT2D eigenvalue weighted by molar-refractivity contribution is 5.40. The first-order valence-corrected chi connectivity index (χ1v) is 6.27. The van der Waals surface area contributed by atoms with Crippen LogP contribution >= 0.6 is 0 Å². The number of benzene rings is 1. The molecule has 104 valence electrons. The van der Waals surface area contributed by atoms with Gasteiger partial charge in [0, 0.05) is 37.5 Å². The standard InChI is InChI=1S/C15H16FN3O/c1-19-7-6-18-15(19)4-8-20-14-10-12(3-2-5-17)9-13(16)11-14/h6-7,9-11H,4-5,8,17H2,1H3. The van der Waals surface area contributed by atoms with Crippen molar-refractivity contribution in [3.8, 4) is 17.6 Å². The third-order valence-electron chi connectivity index (χ3n) is 2.72. The van der Waals surface area contributed by atoms with E-state index in [9.17, 15) is 4.39 Å². The molecule has 0 spiro atoms. The maximum atomic E-state index is 13.4. The Kier molecular flexibility index (Phi) is 4.75. The second kappa shape index (κ2) is 6.73. The van der Waals surface area contributed by atoms with Gasteiger partial charge < -0.3 is 15.0 Å². The molecule has 5 heteroatoms. The number of hydrogen-bond acceptors (Lipinski definition) is 3. The summed E-state index contributed by atoms with van der Waals surface area (Å²) in [7, 11) is 1.92. The highest BCUT2D eigenvalue weighted by Crippen LogP contribution is 2.16. The molecule has 0 amide bonds. The molecule has 0 aliphatic carbocycles. The fourth-order valence-electron chi connectivity index (χ4n) is 1.77. The molecule has 1 aromatic heterocycles. The Hall–Kier alpha value is -2.32. The van der Waals surface area contributed by atoms with Crippen molar-refractivity contribution >= 4 is 0 Å². The summed E-state index contributed by atoms with van der Waals surface area (Å²) in [5.41, 5.74) is 5.85. The van der Waals surface area contributed by atoms with Crippen molar-refractivity contribution in [3.63, 3.8) is 0 Å². The van der Waals surface area contributed by atoms with Gasteiger partial charge in [-0.1, -0.05) is 11.8 Å². The lowest BCUT2D eigenvalue weighted by Gasteiger charge is -2.07. The first kappa shape index (κ1) is 14.1. The van der Waals surface area contributed by atoms with Gasteiger partial charge in [-0.3, -0.25) is 0 Å². The molecule has 4 nitrogen and oxygen atoms in total. The summed E-state index contributed by atoms with van der Waals surface area (Å²) in [5.74, 6) is 6.48. The lowest BCUT2D eigenvalue weighted by Crippen LogP contribution is -2.06. The van der Waals surface area contributed by atoms with E-state index in [4.69, 9.17) is 10.5 Å². The summed E-state index contributed by atoms with van der Waals surface area (Å²) in [5, 5.41) is 0. The first-order chi connectivity index (χ1) is 9.69. The summed E-state index contributed by atoms with van der Waals surface area (Å²) in [6, 6.07) is 4.39. The summed E-state index contributed by atoms with van der Waals surface area (Å²) in [6.45, 7) is 0.671. The van der Waals surface area contributed by atoms with Crippen molar-refractivity contribution in [1.82, 2.24) is 9.55 Å². The van der Waals surface area contributed by atoms with Crippen molar-refractivity contribution in [2.45, 2.75) is 6.42 Å². The summed E-state index contributed by atoms with van der Waals surface area (Å²) in [4.78, 5) is 4.20. The Morgan fingerprint density at radius 1 is 1.40 bits per heavy atom. The Morgan fingerprint density at radius 3 is 2.95 bits per heavy atom. The molecular weight excluding hydrogens is 257 g/mol. The molecule has 0 saturated heterocycles. The number of nitrogens with zero attached hydrogens (tertiary/aromatic N) is 2. The van der Waals surface area contributed by atoms with Crippen molar-refractivity contribution in [1.29, 1.82) is 0 Å². The van der Waals surface area contributed by atoms with Gasteiger partial charge in [0.1, 0.15) is 17.4 Å². The van der Waals surface area contributed by atoms with Crippen LogP contribution in [0.4, 0.5) is 4.39 Å². The van der Waals surface area contributed by atoms with Crippen LogP contribution in [0, 0.1) is 17.7 Å². The van der Waals surface area contributed by atoms with Gasteiger partial charge in [0.05, 0.1) is 13.2 Å². The Labute approximate surface area is 117 Å². The molecule has 2 N–H and O–H groups in total. The predicted molar refractivity (Wildman–Crippen MR) is 74.7 cm³/mol. The topological polar surface area (TPSA) is 53.1 Å². The fraction of sp³-hybridized carbons (Fsp3) is 0.267. The minimum Gasteiger partial charge on any atom is -0.493 e. The minimum absolute atomic E-state index is 0.242. The molecule has 20 heavy (non-hydrogen) atoms. The third kappa shape index (κ3) is 3.84. The Bertz CT molecular complexity index is 640. The molecule has 2 rings (SSSR count). The molecule has 0 aliphatic heterocycles. The molecule has 0 saturated carbocycles. The number of rotatable bonds is 4. The normalized spacial score (nSPS) is 9.95. The maximum absolute atomic E-state index is 13.4. The molecular formula is C15H16FN3O. The van der Waals surface area contributed by atoms with Gasteiger partial charge in [0.25, 0.3) is 0 Å². The van der Waals surface area contributed by atoms with Gasteiger partial charge in [-0.05, 0) is 12.1 Å². The van der Waals surface area contributed by atoms with E-state index in [1.807, 2.05) is 17.8 Å². The largest absolute Gasteiger partial charge is 0.493 e. The zero-order chi connectivity index (χ0) is 14.4. The van der Waals surface area contributed by atoms with Crippen LogP contribution in [0.2, 0.25) is 0 Å². The average molecular weight is 273 g/mol. The highest BCUT2D eigenvalue weighted by Gasteiger charge is 2.03. The number of hydrogen-bond donors (Lipinski definition) is 1. The number of aromatic nitrogens is 2. The Morgan fingerprint density at radius 2 is 2.25 bits per heavy atom. The molecule has 0 aliphatic rings. The minimum atomic E-state index is -0.374. The lowest BCUT2D eigenvalue weighted by atomic mass is 10.2. The van der Waals surface area contributed by atoms with Crippen LogP contribution in [0.25, 0.3) is 0 Å². The SMILES string of the molecule is Cn1ccnc1CCOc1cc(F)cc(C#CCN)c1. The molecule has 0 atom stereocenters. The first-order valence-electron chi connectivity index (χ1n) is 6.27. The van der Waals surface area contributed by atoms with Gasteiger partial charge in [-0.2, -0.15) is 0 Å². The van der Waals surface area contributed by atoms with Gasteiger partial charge in [0.2, 0.25) is 0 Å². The number of nitrogens with two attached hydrogens (primary N) is 1. The van der Waals surface area contributed by atoms with E-state index >= 15 is 0 Å². The third-order valence-corrected chi connectivity index (χ3v) is 2.72. The number of imidazole rings is 1. The lowest BCUT2D eigenvalue weighted by molar-refractivity contribution is 0.316. The van der Waals surface area contributed by atoms with Gasteiger partial charge >= 0.3 is 0 Å². The van der Waals surface area contributed by atoms with Crippen molar-refractivity contribution in [2.24, 2.45) is 12.8 Å². The van der Waals surface area contributed by atoms with Crippen molar-refractivity contribution in [3.05, 3.63) is 47.8 Å². The van der Waals surface area contributed by atoms with E-state index in [0.29, 0.717) is 24.3 Å². The van der Waals surface area contributed by atoms with Crippen molar-refractivity contribution < 1.29 is 9.13 Å². The molecule has 1 heterocycles. The molecule has 0 fully saturated rings. The predicted octanol–water partition coefficient (Wildman–Crippen LogP) is 1.49. The van der Waals surface area contributed by atoms with Crippen LogP contribution in [-0.4, -0.2) is 22.7 Å². The summed E-state index contributed by atoms with van der Waals surface area (Å²) in [6.07, 6.45) is 4.26. The van der Waals surface area contributed by atoms with Crippen LogP contribution in [-0.2, 0) is 13.5 Å². The summed E-state index contributed by atoms with van der Waals surface area (Å²) >= 11 is 0. The van der Waals surface area contributed by atoms with Crippen LogP contribution in [0.5, 0.6) is 5.75 Å². The van der Waals surface area contributed by atoms with E-state index in [-0.39, 0.29) is 12.4 Å². The van der Waals surface area contributed by atoms with E-state index in [0.717, 1.165) is 5.82 Å². The van der Waals surface area contributed by atoms with Crippen LogP contribution in [0.15, 0.2) is 30.6 Å². The quantitative estimate of drug-likeness (QED) is 0.859. The second-order valence-corrected chi connectivity index (χ2v) is 4.23. The van der Waals surface area contributed by atoms with Gasteiger partial charge in [-0.15, -0.1) is 0 Å². The van der Waals surface area contributed by atoms with Crippen LogP contribution in [0.1, 0.15) is 11.4 Å². The molecule has 0 radical (unpaired) electrons. The smallest absolute Gasteiger partial charge is 0.128 e. The fourth-order valence-corrected chi connectivity index (χ4v) is 1.77. The van der Waals surface area contributed by atoms with Crippen LogP contribution in [0.3, 0.4) is 0 Å². The molecule has 1 aromatic carbocycles. The van der Waals surface area contributed by atoms with E-state index < -0.39 is 0 Å². The molecule has 0 unspecified atom stereocenters. The zero-order valence-corrected chi connectivity index (χ0v) is 11.3. The van der Waals surface area contributed by atoms with Gasteiger partial charge in [0.15, 0.2) is 0 Å². The molecule has 0 bridgehead atoms. The van der Waals surface area contributed by atoms with Crippen molar-refractivity contribution in [2.75, 3.05) is 13.2 Å². The van der Waals surface area contributed by atoms with Gasteiger partial charge in [-0.25, -0.2) is 9.37 Å². The highest BCUT2D eigenvalue weighted by atomic mass is 19.1. The van der Waals surface area contributed by atoms with E-state index in [1.165, 1.54) is 12.1 Å². The maximum Gasteiger partial charge on any atom is 0.128 e. The molecule has 2 aromatic rings. The van der Waals surface area contributed by atoms with E-state index in [2.05, 4.69) is 16.8 Å². The zero-order valence-electron chi connectivity index (χ0n) is 11.3. The monoisotopic (exact) mass is 273 g/mol. The number of aryl methyl sites for hydroxylation is 1. The number of halogens is 1. The van der Waals surface area contributed by atoms with Crippen LogP contribution < -0.4 is 10.5 Å². The summed E-state index contributed by atoms with van der Waals surface area (Å²) < 4.78 is 20.9. The van der Waals surface area contributed by atoms with E-state index in [1.54, 1.807) is 12.3 Å². The average Bonchev–Trinajstić information content (AvgIpc) is 2.82.